The molecule has 0 radical (unpaired) electrons. The van der Waals surface area contributed by atoms with Crippen molar-refractivity contribution in [3.8, 4) is 0 Å². The van der Waals surface area contributed by atoms with Gasteiger partial charge in [-0.2, -0.15) is 0 Å². The molecular formula is C20H30N2O5. The lowest BCUT2D eigenvalue weighted by Crippen LogP contribution is -2.47. The predicted octanol–water partition coefficient (Wildman–Crippen LogP) is 2.32. The first-order chi connectivity index (χ1) is 13.1. The van der Waals surface area contributed by atoms with Crippen molar-refractivity contribution in [2.45, 2.75) is 32.9 Å². The lowest BCUT2D eigenvalue weighted by atomic mass is 10.1. The Labute approximate surface area is 161 Å². The number of ether oxygens (including phenoxy) is 2. The molecule has 1 aliphatic rings. The summed E-state index contributed by atoms with van der Waals surface area (Å²) in [5.41, 5.74) is 1.25. The molecule has 1 aromatic rings. The van der Waals surface area contributed by atoms with Crippen molar-refractivity contribution in [2.75, 3.05) is 34.0 Å². The Bertz CT molecular complexity index is 618. The second-order valence-electron chi connectivity index (χ2n) is 5.54. The molecule has 0 aromatic heterocycles. The maximum Gasteiger partial charge on any atom is 0.268 e. The van der Waals surface area contributed by atoms with Gasteiger partial charge in [0.25, 0.3) is 11.8 Å². The highest BCUT2D eigenvalue weighted by Crippen LogP contribution is 2.12. The largest absolute Gasteiger partial charge is 0.375 e. The van der Waals surface area contributed by atoms with E-state index in [0.717, 1.165) is 10.6 Å². The van der Waals surface area contributed by atoms with Crippen LogP contribution in [-0.4, -0.2) is 56.9 Å². The van der Waals surface area contributed by atoms with Crippen LogP contribution in [0.3, 0.4) is 0 Å². The molecule has 0 saturated heterocycles. The first kappa shape index (κ1) is 22.8. The van der Waals surface area contributed by atoms with E-state index >= 15 is 0 Å². The third-order valence-electron chi connectivity index (χ3n) is 3.83. The molecule has 150 valence electrons. The zero-order valence-corrected chi connectivity index (χ0v) is 16.6. The highest BCUT2D eigenvalue weighted by Gasteiger charge is 2.24. The van der Waals surface area contributed by atoms with E-state index in [4.69, 9.17) is 14.3 Å². The lowest BCUT2D eigenvalue weighted by Gasteiger charge is -2.22. The Kier molecular flexibility index (Phi) is 11.0. The van der Waals surface area contributed by atoms with Crippen LogP contribution in [0.5, 0.6) is 0 Å². The first-order valence-corrected chi connectivity index (χ1v) is 9.14. The summed E-state index contributed by atoms with van der Waals surface area (Å²) in [5.74, 6) is -0.647. The second-order valence-corrected chi connectivity index (χ2v) is 5.54. The van der Waals surface area contributed by atoms with E-state index in [1.54, 1.807) is 12.1 Å². The average molecular weight is 378 g/mol. The quantitative estimate of drug-likeness (QED) is 0.631. The maximum absolute atomic E-state index is 12.7. The van der Waals surface area contributed by atoms with Crippen LogP contribution in [0, 0.1) is 0 Å². The summed E-state index contributed by atoms with van der Waals surface area (Å²) in [7, 11) is 2.91. The van der Waals surface area contributed by atoms with Crippen LogP contribution in [0.2, 0.25) is 0 Å². The van der Waals surface area contributed by atoms with Gasteiger partial charge in [-0.05, 0) is 18.1 Å². The summed E-state index contributed by atoms with van der Waals surface area (Å²) in [5, 5.41) is 3.89. The number of likely N-dealkylation sites (N-methyl/N-ethyl adjacent to an activating group) is 1. The van der Waals surface area contributed by atoms with E-state index in [1.165, 1.54) is 14.2 Å². The smallest absolute Gasteiger partial charge is 0.268 e. The molecule has 7 heteroatoms. The van der Waals surface area contributed by atoms with Gasteiger partial charge in [0.05, 0.1) is 33.5 Å². The van der Waals surface area contributed by atoms with Crippen molar-refractivity contribution in [3.63, 3.8) is 0 Å². The highest BCUT2D eigenvalue weighted by molar-refractivity contribution is 5.98. The van der Waals surface area contributed by atoms with Crippen molar-refractivity contribution >= 4 is 11.8 Å². The van der Waals surface area contributed by atoms with Crippen LogP contribution in [-0.2, 0) is 25.7 Å². The summed E-state index contributed by atoms with van der Waals surface area (Å²) < 4.78 is 11.0. The molecule has 1 atom stereocenters. The van der Waals surface area contributed by atoms with E-state index < -0.39 is 6.04 Å². The molecule has 2 rings (SSSR count). The Morgan fingerprint density at radius 3 is 2.63 bits per heavy atom. The van der Waals surface area contributed by atoms with Gasteiger partial charge < -0.3 is 14.8 Å². The number of carbonyl (C=O) groups excluding carboxylic acids is 2. The van der Waals surface area contributed by atoms with Crippen molar-refractivity contribution in [1.29, 1.82) is 0 Å². The molecule has 1 heterocycles. The van der Waals surface area contributed by atoms with Gasteiger partial charge in [0, 0.05) is 12.6 Å². The van der Waals surface area contributed by atoms with Gasteiger partial charge >= 0.3 is 0 Å². The number of fused-ring (bicyclic) bond motifs is 1. The van der Waals surface area contributed by atoms with Crippen LogP contribution in [0.15, 0.2) is 36.4 Å². The van der Waals surface area contributed by atoms with E-state index in [-0.39, 0.29) is 11.8 Å². The van der Waals surface area contributed by atoms with Gasteiger partial charge in [0.15, 0.2) is 0 Å². The number of carbonyl (C=O) groups is 2. The molecule has 27 heavy (non-hydrogen) atoms. The van der Waals surface area contributed by atoms with Gasteiger partial charge in [-0.15, -0.1) is 0 Å². The fourth-order valence-corrected chi connectivity index (χ4v) is 2.39. The Morgan fingerprint density at radius 1 is 1.19 bits per heavy atom. The van der Waals surface area contributed by atoms with Crippen molar-refractivity contribution < 1.29 is 23.9 Å². The molecule has 0 aliphatic carbocycles. The fourth-order valence-electron chi connectivity index (χ4n) is 2.39. The monoisotopic (exact) mass is 378 g/mol. The minimum Gasteiger partial charge on any atom is -0.375 e. The minimum atomic E-state index is -0.731. The molecule has 1 N–H and O–H groups in total. The van der Waals surface area contributed by atoms with Crippen LogP contribution in [0.1, 0.15) is 36.2 Å². The van der Waals surface area contributed by atoms with Gasteiger partial charge in [-0.3, -0.25) is 14.4 Å². The summed E-state index contributed by atoms with van der Waals surface area (Å²) in [6.07, 6.45) is 3.98. The zero-order valence-electron chi connectivity index (χ0n) is 16.6. The number of hydrogen-bond acceptors (Lipinski definition) is 5. The molecular weight excluding hydrogens is 348 g/mol. The Hall–Kier alpha value is -2.22. The average Bonchev–Trinajstić information content (AvgIpc) is 2.71. The van der Waals surface area contributed by atoms with Gasteiger partial charge in [-0.25, -0.2) is 5.06 Å². The molecule has 0 unspecified atom stereocenters. The highest BCUT2D eigenvalue weighted by atomic mass is 16.7. The molecule has 0 fully saturated rings. The number of hydrogen-bond donors (Lipinski definition) is 1. The molecule has 0 spiro atoms. The first-order valence-electron chi connectivity index (χ1n) is 9.14. The Morgan fingerprint density at radius 2 is 1.89 bits per heavy atom. The number of rotatable bonds is 2. The van der Waals surface area contributed by atoms with E-state index in [2.05, 4.69) is 5.32 Å². The fraction of sp³-hybridized carbons (Fsp3) is 0.500. The molecule has 2 amide bonds. The van der Waals surface area contributed by atoms with Gasteiger partial charge in [0.1, 0.15) is 6.04 Å². The van der Waals surface area contributed by atoms with Gasteiger partial charge in [0.2, 0.25) is 0 Å². The molecule has 1 aromatic carbocycles. The predicted molar refractivity (Wildman–Crippen MR) is 103 cm³/mol. The third-order valence-corrected chi connectivity index (χ3v) is 3.83. The number of benzene rings is 1. The zero-order chi connectivity index (χ0) is 20.1. The topological polar surface area (TPSA) is 77.1 Å². The summed E-state index contributed by atoms with van der Waals surface area (Å²) in [6.45, 7) is 5.64. The maximum atomic E-state index is 12.7. The number of nitrogens with one attached hydrogen (secondary N) is 1. The minimum absolute atomic E-state index is 0.305. The van der Waals surface area contributed by atoms with Gasteiger partial charge in [-0.1, -0.05) is 44.2 Å². The summed E-state index contributed by atoms with van der Waals surface area (Å²) in [6, 6.07) is 6.44. The van der Waals surface area contributed by atoms with Crippen LogP contribution < -0.4 is 5.32 Å². The molecule has 0 bridgehead atoms. The van der Waals surface area contributed by atoms with Crippen molar-refractivity contribution in [3.05, 3.63) is 47.5 Å². The summed E-state index contributed by atoms with van der Waals surface area (Å²) in [4.78, 5) is 30.0. The molecule has 1 aliphatic heterocycles. The van der Waals surface area contributed by atoms with E-state index in [0.29, 0.717) is 38.4 Å². The lowest BCUT2D eigenvalue weighted by molar-refractivity contribution is -0.170. The van der Waals surface area contributed by atoms with Crippen LogP contribution >= 0.6 is 0 Å². The van der Waals surface area contributed by atoms with Crippen molar-refractivity contribution in [2.24, 2.45) is 0 Å². The molecule has 0 saturated carbocycles. The number of nitrogens with zero attached hydrogens (tertiary/aromatic N) is 1. The third kappa shape index (κ3) is 7.50. The Balaban J connectivity index is 0.00000176. The number of amides is 2. The molecule has 7 nitrogen and oxygen atoms in total. The van der Waals surface area contributed by atoms with E-state index in [9.17, 15) is 9.59 Å². The second kappa shape index (κ2) is 13.0. The standard InChI is InChI=1S/C18H24N2O5.C2H6/c1-20(23-2)18(22)16-9-5-6-10-24-11-12-25-13-14-7-3-4-8-15(14)17(21)19-16;1-2/h3-8,16H,9-13H2,1-2H3,(H,19,21);1-2H3/b6-5-;/t16-;/m0./s1. The van der Waals surface area contributed by atoms with Crippen LogP contribution in [0.4, 0.5) is 0 Å². The SMILES string of the molecule is CC.CON(C)C(=O)[C@@H]1C/C=C\COCCOCc2ccccc2C(=O)N1. The summed E-state index contributed by atoms with van der Waals surface area (Å²) >= 11 is 0. The van der Waals surface area contributed by atoms with Crippen LogP contribution in [0.25, 0.3) is 0 Å². The normalized spacial score (nSPS) is 19.4. The number of hydroxylamine groups is 2. The van der Waals surface area contributed by atoms with Crippen molar-refractivity contribution in [1.82, 2.24) is 10.4 Å². The van der Waals surface area contributed by atoms with E-state index in [1.807, 2.05) is 38.1 Å².